The van der Waals surface area contributed by atoms with Gasteiger partial charge in [-0.1, -0.05) is 64.8 Å². The van der Waals surface area contributed by atoms with Crippen molar-refractivity contribution in [3.8, 4) is 0 Å². The predicted molar refractivity (Wildman–Crippen MR) is 126 cm³/mol. The summed E-state index contributed by atoms with van der Waals surface area (Å²) in [6.07, 6.45) is 1.61. The van der Waals surface area contributed by atoms with Gasteiger partial charge in [0.15, 0.2) is 5.17 Å². The number of benzene rings is 2. The lowest BCUT2D eigenvalue weighted by Gasteiger charge is -2.18. The van der Waals surface area contributed by atoms with Crippen LogP contribution in [-0.4, -0.2) is 28.8 Å². The third-order valence-electron chi connectivity index (χ3n) is 4.18. The van der Waals surface area contributed by atoms with Gasteiger partial charge in [0.05, 0.1) is 21.5 Å². The maximum Gasteiger partial charge on any atom is 0.283 e. The first-order chi connectivity index (χ1) is 14.3. The van der Waals surface area contributed by atoms with Gasteiger partial charge in [0.1, 0.15) is 5.70 Å². The summed E-state index contributed by atoms with van der Waals surface area (Å²) >= 11 is 13.6. The van der Waals surface area contributed by atoms with Gasteiger partial charge < -0.3 is 5.32 Å². The Labute approximate surface area is 190 Å². The monoisotopic (exact) mass is 461 g/mol. The number of nitrogens with zero attached hydrogens (tertiary/aromatic N) is 2. The number of hydrogen-bond donors (Lipinski definition) is 1. The van der Waals surface area contributed by atoms with E-state index in [2.05, 4.69) is 10.3 Å². The summed E-state index contributed by atoms with van der Waals surface area (Å²) in [5.74, 6) is -0.260. The number of aliphatic imine (C=N–C) groups is 1. The Morgan fingerprint density at radius 2 is 1.90 bits per heavy atom. The Kier molecular flexibility index (Phi) is 7.23. The molecule has 1 aliphatic heterocycles. The van der Waals surface area contributed by atoms with E-state index in [1.54, 1.807) is 24.3 Å². The number of rotatable bonds is 5. The molecule has 0 aromatic heterocycles. The van der Waals surface area contributed by atoms with Crippen LogP contribution in [0.3, 0.4) is 0 Å². The molecule has 156 valence electrons. The van der Waals surface area contributed by atoms with Crippen LogP contribution in [0.15, 0.2) is 53.2 Å². The second-order valence-electron chi connectivity index (χ2n) is 7.05. The van der Waals surface area contributed by atoms with Gasteiger partial charge in [-0.05, 0) is 50.6 Å². The minimum absolute atomic E-state index is 0.0406. The molecule has 2 aromatic carbocycles. The maximum absolute atomic E-state index is 13.2. The zero-order valence-electron chi connectivity index (χ0n) is 16.8. The highest BCUT2D eigenvalue weighted by atomic mass is 35.5. The van der Waals surface area contributed by atoms with Crippen LogP contribution >= 0.6 is 35.0 Å². The molecule has 0 unspecified atom stereocenters. The van der Waals surface area contributed by atoms with E-state index in [0.717, 1.165) is 5.56 Å². The van der Waals surface area contributed by atoms with Crippen LogP contribution in [0.25, 0.3) is 6.08 Å². The normalized spacial score (nSPS) is 15.1. The molecule has 2 amide bonds. The van der Waals surface area contributed by atoms with E-state index in [9.17, 15) is 9.59 Å². The zero-order chi connectivity index (χ0) is 21.8. The minimum atomic E-state index is -0.290. The first-order valence-electron chi connectivity index (χ1n) is 9.34. The molecule has 0 bridgehead atoms. The lowest BCUT2D eigenvalue weighted by atomic mass is 10.2. The Balaban J connectivity index is 1.94. The summed E-state index contributed by atoms with van der Waals surface area (Å²) in [6.45, 7) is 5.77. The van der Waals surface area contributed by atoms with Crippen LogP contribution in [-0.2, 0) is 9.59 Å². The van der Waals surface area contributed by atoms with Crippen molar-refractivity contribution >= 4 is 63.7 Å². The number of halogens is 2. The number of amides is 2. The van der Waals surface area contributed by atoms with E-state index >= 15 is 0 Å². The van der Waals surface area contributed by atoms with Gasteiger partial charge >= 0.3 is 0 Å². The maximum atomic E-state index is 13.2. The number of thioether (sulfide) groups is 1. The van der Waals surface area contributed by atoms with E-state index in [1.165, 1.54) is 16.7 Å². The molecule has 1 aliphatic rings. The fourth-order valence-corrected chi connectivity index (χ4v) is 3.97. The van der Waals surface area contributed by atoms with E-state index in [1.807, 2.05) is 45.0 Å². The number of carbonyl (C=O) groups is 2. The van der Waals surface area contributed by atoms with Crippen LogP contribution in [0.1, 0.15) is 25.0 Å². The van der Waals surface area contributed by atoms with Gasteiger partial charge in [-0.15, -0.1) is 0 Å². The average Bonchev–Trinajstić information content (AvgIpc) is 2.99. The zero-order valence-corrected chi connectivity index (χ0v) is 19.1. The minimum Gasteiger partial charge on any atom is -0.353 e. The first-order valence-corrected chi connectivity index (χ1v) is 11.1. The molecular formula is C22H21Cl2N3O2S. The molecular weight excluding hydrogens is 441 g/mol. The molecule has 0 spiro atoms. The molecule has 2 aromatic rings. The van der Waals surface area contributed by atoms with Crippen molar-refractivity contribution in [3.05, 3.63) is 69.3 Å². The van der Waals surface area contributed by atoms with Crippen molar-refractivity contribution in [1.82, 2.24) is 5.32 Å². The van der Waals surface area contributed by atoms with Crippen molar-refractivity contribution in [3.63, 3.8) is 0 Å². The van der Waals surface area contributed by atoms with Gasteiger partial charge in [-0.3, -0.25) is 14.5 Å². The molecule has 0 aliphatic carbocycles. The second kappa shape index (κ2) is 9.69. The van der Waals surface area contributed by atoms with Crippen LogP contribution in [0, 0.1) is 6.92 Å². The Morgan fingerprint density at radius 1 is 1.20 bits per heavy atom. The number of carbonyl (C=O) groups excluding carboxylic acids is 2. The van der Waals surface area contributed by atoms with Gasteiger partial charge in [0.25, 0.3) is 5.91 Å². The second-order valence-corrected chi connectivity index (χ2v) is 8.78. The van der Waals surface area contributed by atoms with Gasteiger partial charge in [-0.25, -0.2) is 4.99 Å². The number of hydrogen-bond acceptors (Lipinski definition) is 4. The van der Waals surface area contributed by atoms with Crippen molar-refractivity contribution < 1.29 is 9.59 Å². The first kappa shape index (κ1) is 22.4. The van der Waals surface area contributed by atoms with Gasteiger partial charge in [0, 0.05) is 6.04 Å². The number of nitrogens with one attached hydrogen (secondary N) is 1. The number of anilines is 1. The van der Waals surface area contributed by atoms with Gasteiger partial charge in [-0.2, -0.15) is 0 Å². The third-order valence-corrected chi connectivity index (χ3v) is 5.95. The van der Waals surface area contributed by atoms with Crippen molar-refractivity contribution in [2.45, 2.75) is 26.8 Å². The van der Waals surface area contributed by atoms with E-state index in [0.29, 0.717) is 26.5 Å². The lowest BCUT2D eigenvalue weighted by molar-refractivity contribution is -0.119. The molecule has 3 rings (SSSR count). The average molecular weight is 462 g/mol. The topological polar surface area (TPSA) is 61.8 Å². The molecule has 0 fully saturated rings. The highest BCUT2D eigenvalue weighted by Crippen LogP contribution is 2.32. The number of aryl methyl sites for hydroxylation is 1. The van der Waals surface area contributed by atoms with Crippen LogP contribution < -0.4 is 10.2 Å². The van der Waals surface area contributed by atoms with Crippen molar-refractivity contribution in [2.75, 3.05) is 10.7 Å². The molecule has 8 heteroatoms. The van der Waals surface area contributed by atoms with E-state index in [4.69, 9.17) is 23.2 Å². The smallest absolute Gasteiger partial charge is 0.283 e. The SMILES string of the molecule is Cc1ccc(N2C(=O)C(=Cc3cccc(Cl)c3Cl)N=C2SCC(=O)NC(C)C)cc1. The quantitative estimate of drug-likeness (QED) is 0.614. The van der Waals surface area contributed by atoms with Gasteiger partial charge in [0.2, 0.25) is 5.91 Å². The van der Waals surface area contributed by atoms with Crippen LogP contribution in [0.5, 0.6) is 0 Å². The molecule has 0 saturated heterocycles. The standard InChI is InChI=1S/C22H21Cl2N3O2S/c1-13(2)25-19(28)12-30-22-26-18(11-15-5-4-6-17(23)20(15)24)21(29)27(22)16-9-7-14(3)8-10-16/h4-11,13H,12H2,1-3H3,(H,25,28). The molecule has 0 radical (unpaired) electrons. The molecule has 1 N–H and O–H groups in total. The molecule has 5 nitrogen and oxygen atoms in total. The van der Waals surface area contributed by atoms with E-state index in [-0.39, 0.29) is 29.3 Å². The van der Waals surface area contributed by atoms with E-state index < -0.39 is 0 Å². The molecule has 0 atom stereocenters. The Bertz CT molecular complexity index is 1030. The summed E-state index contributed by atoms with van der Waals surface area (Å²) in [7, 11) is 0. The Morgan fingerprint density at radius 3 is 2.57 bits per heavy atom. The van der Waals surface area contributed by atoms with Crippen LogP contribution in [0.4, 0.5) is 5.69 Å². The highest BCUT2D eigenvalue weighted by Gasteiger charge is 2.32. The fourth-order valence-electron chi connectivity index (χ4n) is 2.79. The van der Waals surface area contributed by atoms with Crippen molar-refractivity contribution in [1.29, 1.82) is 0 Å². The Hall–Kier alpha value is -2.28. The number of amidine groups is 1. The molecule has 0 saturated carbocycles. The highest BCUT2D eigenvalue weighted by molar-refractivity contribution is 8.14. The largest absolute Gasteiger partial charge is 0.353 e. The summed E-state index contributed by atoms with van der Waals surface area (Å²) < 4.78 is 0. The summed E-state index contributed by atoms with van der Waals surface area (Å²) in [6, 6.07) is 12.8. The fraction of sp³-hybridized carbons (Fsp3) is 0.227. The predicted octanol–water partition coefficient (Wildman–Crippen LogP) is 5.30. The molecule has 1 heterocycles. The summed E-state index contributed by atoms with van der Waals surface area (Å²) in [5, 5.41) is 4.03. The lowest BCUT2D eigenvalue weighted by Crippen LogP contribution is -2.34. The molecule has 30 heavy (non-hydrogen) atoms. The van der Waals surface area contributed by atoms with Crippen molar-refractivity contribution in [2.24, 2.45) is 4.99 Å². The third kappa shape index (κ3) is 5.25. The van der Waals surface area contributed by atoms with Crippen LogP contribution in [0.2, 0.25) is 10.0 Å². The summed E-state index contributed by atoms with van der Waals surface area (Å²) in [4.78, 5) is 31.3. The summed E-state index contributed by atoms with van der Waals surface area (Å²) in [5.41, 5.74) is 2.59.